The van der Waals surface area contributed by atoms with Crippen molar-refractivity contribution in [2.24, 2.45) is 7.05 Å². The van der Waals surface area contributed by atoms with E-state index in [1.807, 2.05) is 38.2 Å². The zero-order chi connectivity index (χ0) is 17.8. The Morgan fingerprint density at radius 2 is 2.04 bits per heavy atom. The molecule has 0 aliphatic heterocycles. The average Bonchev–Trinajstić information content (AvgIpc) is 3.17. The van der Waals surface area contributed by atoms with E-state index in [-0.39, 0.29) is 11.9 Å². The Kier molecular flexibility index (Phi) is 5.11. The zero-order valence-electron chi connectivity index (χ0n) is 14.9. The number of rotatable bonds is 7. The maximum absolute atomic E-state index is 12.7. The molecule has 1 aromatic carbocycles. The summed E-state index contributed by atoms with van der Waals surface area (Å²) in [5, 5.41) is 7.04. The highest BCUT2D eigenvalue weighted by molar-refractivity contribution is 5.84. The maximum atomic E-state index is 12.7. The Bertz CT molecular complexity index is 865. The molecule has 0 aliphatic rings. The second-order valence-electron chi connectivity index (χ2n) is 6.15. The Hall–Kier alpha value is -2.70. The van der Waals surface area contributed by atoms with Gasteiger partial charge in [0.15, 0.2) is 0 Å². The third kappa shape index (κ3) is 3.55. The van der Waals surface area contributed by atoms with Gasteiger partial charge in [0.05, 0.1) is 11.0 Å². The summed E-state index contributed by atoms with van der Waals surface area (Å²) < 4.78 is 3.77. The van der Waals surface area contributed by atoms with Crippen LogP contribution < -0.4 is 5.32 Å². The summed E-state index contributed by atoms with van der Waals surface area (Å²) in [5.74, 6) is 1.80. The van der Waals surface area contributed by atoms with E-state index in [0.717, 1.165) is 35.5 Å². The third-order valence-corrected chi connectivity index (χ3v) is 4.36. The van der Waals surface area contributed by atoms with Crippen LogP contribution in [-0.2, 0) is 24.7 Å². The molecule has 0 saturated heterocycles. The molecule has 3 aromatic rings. The molecular weight excluding hydrogens is 316 g/mol. The highest BCUT2D eigenvalue weighted by Gasteiger charge is 2.20. The van der Waals surface area contributed by atoms with Crippen molar-refractivity contribution in [3.63, 3.8) is 0 Å². The molecule has 3 rings (SSSR count). The minimum absolute atomic E-state index is 0.0114. The Balaban J connectivity index is 1.74. The van der Waals surface area contributed by atoms with Gasteiger partial charge in [-0.3, -0.25) is 9.48 Å². The molecule has 0 radical (unpaired) electrons. The van der Waals surface area contributed by atoms with Gasteiger partial charge in [0.2, 0.25) is 5.91 Å². The predicted octanol–water partition coefficient (Wildman–Crippen LogP) is 2.04. The van der Waals surface area contributed by atoms with E-state index in [4.69, 9.17) is 4.98 Å². The average molecular weight is 340 g/mol. The first-order chi connectivity index (χ1) is 12.1. The fraction of sp³-hybridized carbons (Fsp3) is 0.444. The fourth-order valence-corrected chi connectivity index (χ4v) is 3.04. The van der Waals surface area contributed by atoms with Crippen molar-refractivity contribution < 1.29 is 4.79 Å². The molecular formula is C18H24N6O. The quantitative estimate of drug-likeness (QED) is 0.714. The number of carbonyl (C=O) groups excluding carboxylic acids is 1. The second kappa shape index (κ2) is 7.46. The molecule has 1 amide bonds. The first-order valence-electron chi connectivity index (χ1n) is 8.68. The van der Waals surface area contributed by atoms with Gasteiger partial charge in [-0.25, -0.2) is 9.97 Å². The lowest BCUT2D eigenvalue weighted by molar-refractivity contribution is -0.123. The minimum atomic E-state index is -0.312. The van der Waals surface area contributed by atoms with Gasteiger partial charge < -0.3 is 9.88 Å². The van der Waals surface area contributed by atoms with Crippen LogP contribution >= 0.6 is 0 Å². The van der Waals surface area contributed by atoms with Gasteiger partial charge in [-0.1, -0.05) is 19.1 Å². The summed E-state index contributed by atoms with van der Waals surface area (Å²) in [5.41, 5.74) is 1.94. The van der Waals surface area contributed by atoms with Gasteiger partial charge in [-0.05, 0) is 25.5 Å². The number of amides is 1. The van der Waals surface area contributed by atoms with Gasteiger partial charge in [0.25, 0.3) is 0 Å². The Morgan fingerprint density at radius 3 is 2.76 bits per heavy atom. The topological polar surface area (TPSA) is 77.6 Å². The second-order valence-corrected chi connectivity index (χ2v) is 6.15. The minimum Gasteiger partial charge on any atom is -0.354 e. The van der Waals surface area contributed by atoms with E-state index in [1.54, 1.807) is 4.68 Å². The molecule has 0 saturated carbocycles. The van der Waals surface area contributed by atoms with E-state index in [0.29, 0.717) is 13.0 Å². The van der Waals surface area contributed by atoms with E-state index in [1.165, 1.54) is 6.33 Å². The van der Waals surface area contributed by atoms with Crippen LogP contribution in [0.15, 0.2) is 30.6 Å². The lowest BCUT2D eigenvalue weighted by Gasteiger charge is -2.17. The number of hydrogen-bond acceptors (Lipinski definition) is 4. The molecule has 0 unspecified atom stereocenters. The summed E-state index contributed by atoms with van der Waals surface area (Å²) in [6, 6.07) is 7.65. The molecule has 25 heavy (non-hydrogen) atoms. The molecule has 2 heterocycles. The van der Waals surface area contributed by atoms with Gasteiger partial charge in [0, 0.05) is 26.4 Å². The Labute approximate surface area is 147 Å². The molecule has 7 nitrogen and oxygen atoms in total. The van der Waals surface area contributed by atoms with Gasteiger partial charge in [-0.2, -0.15) is 5.10 Å². The van der Waals surface area contributed by atoms with Crippen molar-refractivity contribution in [2.45, 2.75) is 39.2 Å². The molecule has 0 spiro atoms. The molecule has 1 atom stereocenters. The SMILES string of the molecule is CCCc1nc2ccccc2n1[C@@H](C)C(=O)NCCc1ncnn1C. The van der Waals surface area contributed by atoms with E-state index in [2.05, 4.69) is 26.9 Å². The number of fused-ring (bicyclic) bond motifs is 1. The lowest BCUT2D eigenvalue weighted by atomic mass is 10.2. The first-order valence-corrected chi connectivity index (χ1v) is 8.68. The van der Waals surface area contributed by atoms with Crippen molar-refractivity contribution in [1.82, 2.24) is 29.6 Å². The van der Waals surface area contributed by atoms with Crippen molar-refractivity contribution in [2.75, 3.05) is 6.54 Å². The number of nitrogens with one attached hydrogen (secondary N) is 1. The molecule has 0 fully saturated rings. The van der Waals surface area contributed by atoms with E-state index >= 15 is 0 Å². The summed E-state index contributed by atoms with van der Waals surface area (Å²) in [6.45, 7) is 4.58. The van der Waals surface area contributed by atoms with Gasteiger partial charge >= 0.3 is 0 Å². The fourth-order valence-electron chi connectivity index (χ4n) is 3.04. The molecule has 7 heteroatoms. The predicted molar refractivity (Wildman–Crippen MR) is 96.2 cm³/mol. The largest absolute Gasteiger partial charge is 0.354 e. The van der Waals surface area contributed by atoms with Crippen LogP contribution in [0.25, 0.3) is 11.0 Å². The van der Waals surface area contributed by atoms with Crippen LogP contribution in [0, 0.1) is 0 Å². The first kappa shape index (κ1) is 17.1. The standard InChI is InChI=1S/C18H24N6O/c1-4-7-17-22-14-8-5-6-9-15(14)24(17)13(2)18(25)19-11-10-16-20-12-21-23(16)3/h5-6,8-9,12-13H,4,7,10-11H2,1-3H3,(H,19,25)/t13-/m0/s1. The Morgan fingerprint density at radius 1 is 1.24 bits per heavy atom. The van der Waals surface area contributed by atoms with Gasteiger partial charge in [0.1, 0.15) is 24.0 Å². The van der Waals surface area contributed by atoms with Crippen molar-refractivity contribution in [1.29, 1.82) is 0 Å². The number of nitrogens with zero attached hydrogens (tertiary/aromatic N) is 5. The normalized spacial score (nSPS) is 12.4. The van der Waals surface area contributed by atoms with Crippen molar-refractivity contribution in [3.05, 3.63) is 42.2 Å². The smallest absolute Gasteiger partial charge is 0.242 e. The highest BCUT2D eigenvalue weighted by atomic mass is 16.2. The number of aromatic nitrogens is 5. The van der Waals surface area contributed by atoms with Crippen LogP contribution in [0.1, 0.15) is 38.0 Å². The van der Waals surface area contributed by atoms with Crippen LogP contribution in [0.3, 0.4) is 0 Å². The van der Waals surface area contributed by atoms with E-state index < -0.39 is 0 Å². The maximum Gasteiger partial charge on any atom is 0.242 e. The van der Waals surface area contributed by atoms with Crippen LogP contribution in [-0.4, -0.2) is 36.8 Å². The number of para-hydroxylation sites is 2. The zero-order valence-corrected chi connectivity index (χ0v) is 14.9. The molecule has 0 bridgehead atoms. The molecule has 0 aliphatic carbocycles. The van der Waals surface area contributed by atoms with Crippen molar-refractivity contribution in [3.8, 4) is 0 Å². The van der Waals surface area contributed by atoms with E-state index in [9.17, 15) is 4.79 Å². The number of hydrogen-bond donors (Lipinski definition) is 1. The third-order valence-electron chi connectivity index (χ3n) is 4.36. The molecule has 1 N–H and O–H groups in total. The van der Waals surface area contributed by atoms with Gasteiger partial charge in [-0.15, -0.1) is 0 Å². The van der Waals surface area contributed by atoms with Crippen LogP contribution in [0.2, 0.25) is 0 Å². The summed E-state index contributed by atoms with van der Waals surface area (Å²) in [4.78, 5) is 21.5. The summed E-state index contributed by atoms with van der Waals surface area (Å²) in [7, 11) is 1.85. The lowest BCUT2D eigenvalue weighted by Crippen LogP contribution is -2.33. The monoisotopic (exact) mass is 340 g/mol. The number of carbonyl (C=O) groups is 1. The number of imidazole rings is 1. The van der Waals surface area contributed by atoms with Crippen molar-refractivity contribution >= 4 is 16.9 Å². The highest BCUT2D eigenvalue weighted by Crippen LogP contribution is 2.22. The number of aryl methyl sites for hydroxylation is 2. The summed E-state index contributed by atoms with van der Waals surface area (Å²) in [6.07, 6.45) is 4.02. The molecule has 2 aromatic heterocycles. The molecule has 132 valence electrons. The number of benzene rings is 1. The van der Waals surface area contributed by atoms with Crippen LogP contribution in [0.4, 0.5) is 0 Å². The summed E-state index contributed by atoms with van der Waals surface area (Å²) >= 11 is 0. The van der Waals surface area contributed by atoms with Crippen LogP contribution in [0.5, 0.6) is 0 Å².